The first-order valence-electron chi connectivity index (χ1n) is 7.48. The van der Waals surface area contributed by atoms with E-state index in [-0.39, 0.29) is 0 Å². The zero-order valence-corrected chi connectivity index (χ0v) is 11.8. The highest BCUT2D eigenvalue weighted by atomic mass is 16.5. The van der Waals surface area contributed by atoms with Crippen LogP contribution in [0.25, 0.3) is 0 Å². The van der Waals surface area contributed by atoms with Crippen molar-refractivity contribution in [1.82, 2.24) is 10.2 Å². The summed E-state index contributed by atoms with van der Waals surface area (Å²) in [4.78, 5) is 2.48. The quantitative estimate of drug-likeness (QED) is 0.897. The second-order valence-corrected chi connectivity index (χ2v) is 5.77. The molecule has 2 heterocycles. The highest BCUT2D eigenvalue weighted by molar-refractivity contribution is 5.38. The Morgan fingerprint density at radius 2 is 2.37 bits per heavy atom. The molecule has 1 atom stereocenters. The van der Waals surface area contributed by atoms with Crippen LogP contribution in [-0.4, -0.2) is 44.2 Å². The summed E-state index contributed by atoms with van der Waals surface area (Å²) < 4.78 is 5.67. The molecule has 1 unspecified atom stereocenters. The Hall–Kier alpha value is -1.06. The summed E-state index contributed by atoms with van der Waals surface area (Å²) >= 11 is 0. The Balaban J connectivity index is 1.60. The number of nitrogens with one attached hydrogen (secondary N) is 1. The van der Waals surface area contributed by atoms with Gasteiger partial charge < -0.3 is 15.0 Å². The molecule has 0 bridgehead atoms. The van der Waals surface area contributed by atoms with Gasteiger partial charge in [-0.3, -0.25) is 0 Å². The van der Waals surface area contributed by atoms with E-state index in [4.69, 9.17) is 4.74 Å². The second-order valence-electron chi connectivity index (χ2n) is 5.77. The van der Waals surface area contributed by atoms with Gasteiger partial charge in [0.2, 0.25) is 0 Å². The average Bonchev–Trinajstić information content (AvgIpc) is 2.46. The van der Waals surface area contributed by atoms with Crippen molar-refractivity contribution < 1.29 is 4.74 Å². The molecule has 0 spiro atoms. The molecule has 104 valence electrons. The molecule has 0 aliphatic carbocycles. The Morgan fingerprint density at radius 3 is 3.26 bits per heavy atom. The highest BCUT2D eigenvalue weighted by Gasteiger charge is 2.18. The van der Waals surface area contributed by atoms with E-state index in [9.17, 15) is 0 Å². The normalized spacial score (nSPS) is 23.7. The van der Waals surface area contributed by atoms with E-state index in [0.29, 0.717) is 6.04 Å². The molecule has 1 fully saturated rings. The summed E-state index contributed by atoms with van der Waals surface area (Å²) in [5, 5.41) is 3.49. The van der Waals surface area contributed by atoms with Crippen LogP contribution in [0.5, 0.6) is 5.75 Å². The van der Waals surface area contributed by atoms with Gasteiger partial charge in [0.25, 0.3) is 0 Å². The van der Waals surface area contributed by atoms with Gasteiger partial charge in [-0.2, -0.15) is 0 Å². The van der Waals surface area contributed by atoms with Gasteiger partial charge in [0.05, 0.1) is 6.61 Å². The predicted octanol–water partition coefficient (Wildman–Crippen LogP) is 1.85. The standard InChI is InChI=1S/C16H24N2O/c1-18-9-8-17-12-15(18)6-4-13-5-7-16-14(11-13)3-2-10-19-16/h5,7,11,15,17H,2-4,6,8-10,12H2,1H3. The number of likely N-dealkylation sites (N-methyl/N-ethyl adjacent to an activating group) is 1. The van der Waals surface area contributed by atoms with Crippen molar-refractivity contribution in [3.05, 3.63) is 29.3 Å². The molecule has 0 saturated carbocycles. The SMILES string of the molecule is CN1CCNCC1CCc1ccc2c(c1)CCCO2. The van der Waals surface area contributed by atoms with Gasteiger partial charge in [-0.1, -0.05) is 12.1 Å². The van der Waals surface area contributed by atoms with Crippen LogP contribution in [0.2, 0.25) is 0 Å². The molecule has 3 heteroatoms. The zero-order valence-electron chi connectivity index (χ0n) is 11.8. The van der Waals surface area contributed by atoms with Gasteiger partial charge in [-0.05, 0) is 49.9 Å². The van der Waals surface area contributed by atoms with Crippen LogP contribution in [0.4, 0.5) is 0 Å². The fourth-order valence-corrected chi connectivity index (χ4v) is 3.09. The third kappa shape index (κ3) is 3.10. The Labute approximate surface area is 115 Å². The maximum absolute atomic E-state index is 5.67. The third-order valence-corrected chi connectivity index (χ3v) is 4.38. The summed E-state index contributed by atoms with van der Waals surface area (Å²) in [5.74, 6) is 1.10. The Morgan fingerprint density at radius 1 is 1.42 bits per heavy atom. The minimum absolute atomic E-state index is 0.682. The van der Waals surface area contributed by atoms with Gasteiger partial charge in [0.15, 0.2) is 0 Å². The molecule has 1 aromatic rings. The molecule has 3 nitrogen and oxygen atoms in total. The molecule has 0 aromatic heterocycles. The lowest BCUT2D eigenvalue weighted by Gasteiger charge is -2.33. The van der Waals surface area contributed by atoms with Crippen LogP contribution in [-0.2, 0) is 12.8 Å². The van der Waals surface area contributed by atoms with Crippen molar-refractivity contribution in [1.29, 1.82) is 0 Å². The molecule has 19 heavy (non-hydrogen) atoms. The summed E-state index contributed by atoms with van der Waals surface area (Å²) in [6.45, 7) is 4.31. The number of rotatable bonds is 3. The first-order valence-corrected chi connectivity index (χ1v) is 7.48. The molecule has 2 aliphatic heterocycles. The summed E-state index contributed by atoms with van der Waals surface area (Å²) in [5.41, 5.74) is 2.86. The number of hydrogen-bond donors (Lipinski definition) is 1. The van der Waals surface area contributed by atoms with Crippen LogP contribution >= 0.6 is 0 Å². The van der Waals surface area contributed by atoms with Crippen LogP contribution in [0.1, 0.15) is 24.0 Å². The topological polar surface area (TPSA) is 24.5 Å². The van der Waals surface area contributed by atoms with Gasteiger partial charge in [-0.25, -0.2) is 0 Å². The van der Waals surface area contributed by atoms with E-state index in [2.05, 4.69) is 35.5 Å². The Bertz CT molecular complexity index is 433. The van der Waals surface area contributed by atoms with Crippen molar-refractivity contribution in [3.63, 3.8) is 0 Å². The van der Waals surface area contributed by atoms with Crippen molar-refractivity contribution in [3.8, 4) is 5.75 Å². The van der Waals surface area contributed by atoms with Gasteiger partial charge >= 0.3 is 0 Å². The van der Waals surface area contributed by atoms with E-state index in [1.807, 2.05) is 0 Å². The number of benzene rings is 1. The molecule has 0 radical (unpaired) electrons. The van der Waals surface area contributed by atoms with Gasteiger partial charge in [0.1, 0.15) is 5.75 Å². The van der Waals surface area contributed by atoms with Gasteiger partial charge in [-0.15, -0.1) is 0 Å². The molecule has 2 aliphatic rings. The first kappa shape index (κ1) is 12.9. The first-order chi connectivity index (χ1) is 9.33. The summed E-state index contributed by atoms with van der Waals surface area (Å²) in [6, 6.07) is 7.43. The van der Waals surface area contributed by atoms with Crippen LogP contribution in [0.3, 0.4) is 0 Å². The fraction of sp³-hybridized carbons (Fsp3) is 0.625. The Kier molecular flexibility index (Phi) is 4.04. The van der Waals surface area contributed by atoms with Crippen molar-refractivity contribution in [2.45, 2.75) is 31.7 Å². The molecule has 3 rings (SSSR count). The van der Waals surface area contributed by atoms with Crippen molar-refractivity contribution >= 4 is 0 Å². The lowest BCUT2D eigenvalue weighted by Crippen LogP contribution is -2.49. The summed E-state index contributed by atoms with van der Waals surface area (Å²) in [7, 11) is 2.24. The second kappa shape index (κ2) is 5.93. The van der Waals surface area contributed by atoms with Crippen molar-refractivity contribution in [2.24, 2.45) is 0 Å². The molecule has 0 amide bonds. The molecular weight excluding hydrogens is 236 g/mol. The molecule has 1 N–H and O–H groups in total. The lowest BCUT2D eigenvalue weighted by atomic mass is 9.98. The van der Waals surface area contributed by atoms with Crippen LogP contribution in [0, 0.1) is 0 Å². The van der Waals surface area contributed by atoms with E-state index in [1.54, 1.807) is 0 Å². The van der Waals surface area contributed by atoms with Crippen molar-refractivity contribution in [2.75, 3.05) is 33.3 Å². The van der Waals surface area contributed by atoms with E-state index in [0.717, 1.165) is 31.9 Å². The highest BCUT2D eigenvalue weighted by Crippen LogP contribution is 2.26. The minimum Gasteiger partial charge on any atom is -0.493 e. The minimum atomic E-state index is 0.682. The largest absolute Gasteiger partial charge is 0.493 e. The lowest BCUT2D eigenvalue weighted by molar-refractivity contribution is 0.190. The summed E-state index contributed by atoms with van der Waals surface area (Å²) in [6.07, 6.45) is 4.74. The number of hydrogen-bond acceptors (Lipinski definition) is 3. The smallest absolute Gasteiger partial charge is 0.122 e. The number of nitrogens with zero attached hydrogens (tertiary/aromatic N) is 1. The maximum atomic E-state index is 5.67. The van der Waals surface area contributed by atoms with Crippen LogP contribution < -0.4 is 10.1 Å². The van der Waals surface area contributed by atoms with E-state index in [1.165, 1.54) is 36.9 Å². The van der Waals surface area contributed by atoms with E-state index < -0.39 is 0 Å². The number of ether oxygens (including phenoxy) is 1. The van der Waals surface area contributed by atoms with Gasteiger partial charge in [0, 0.05) is 25.7 Å². The number of aryl methyl sites for hydroxylation is 2. The number of piperazine rings is 1. The predicted molar refractivity (Wildman–Crippen MR) is 77.9 cm³/mol. The monoisotopic (exact) mass is 260 g/mol. The van der Waals surface area contributed by atoms with E-state index >= 15 is 0 Å². The molecule has 1 saturated heterocycles. The molecular formula is C16H24N2O. The fourth-order valence-electron chi connectivity index (χ4n) is 3.09. The third-order valence-electron chi connectivity index (χ3n) is 4.38. The average molecular weight is 260 g/mol. The van der Waals surface area contributed by atoms with Crippen LogP contribution in [0.15, 0.2) is 18.2 Å². The molecule has 1 aromatic carbocycles. The zero-order chi connectivity index (χ0) is 13.1. The maximum Gasteiger partial charge on any atom is 0.122 e. The number of fused-ring (bicyclic) bond motifs is 1.